The Kier molecular flexibility index (Phi) is 3.34. The number of aryl methyl sites for hydroxylation is 1. The lowest BCUT2D eigenvalue weighted by atomic mass is 10.1. The van der Waals surface area contributed by atoms with Gasteiger partial charge in [0, 0.05) is 18.7 Å². The zero-order valence-electron chi connectivity index (χ0n) is 11.6. The Balaban J connectivity index is 1.65. The Morgan fingerprint density at radius 1 is 1.40 bits per heavy atom. The maximum atomic E-state index is 12.3. The monoisotopic (exact) mass is 273 g/mol. The van der Waals surface area contributed by atoms with Crippen molar-refractivity contribution in [2.45, 2.75) is 38.3 Å². The Morgan fingerprint density at radius 3 is 2.85 bits per heavy atom. The van der Waals surface area contributed by atoms with E-state index in [1.807, 2.05) is 24.3 Å². The molecule has 0 unspecified atom stereocenters. The summed E-state index contributed by atoms with van der Waals surface area (Å²) in [4.78, 5) is 25.5. The fourth-order valence-electron chi connectivity index (χ4n) is 3.00. The number of fused-ring (bicyclic) bond motifs is 1. The van der Waals surface area contributed by atoms with Gasteiger partial charge in [-0.3, -0.25) is 4.79 Å². The first kappa shape index (κ1) is 13.0. The van der Waals surface area contributed by atoms with Gasteiger partial charge in [0.15, 0.2) is 0 Å². The van der Waals surface area contributed by atoms with E-state index in [-0.39, 0.29) is 24.0 Å². The van der Waals surface area contributed by atoms with Crippen molar-refractivity contribution in [1.29, 1.82) is 0 Å². The van der Waals surface area contributed by atoms with Crippen LogP contribution in [0.5, 0.6) is 0 Å². The summed E-state index contributed by atoms with van der Waals surface area (Å²) in [6.07, 6.45) is 2.25. The summed E-state index contributed by atoms with van der Waals surface area (Å²) in [5, 5.41) is 5.83. The van der Waals surface area contributed by atoms with Gasteiger partial charge in [0.1, 0.15) is 0 Å². The maximum absolute atomic E-state index is 12.3. The fourth-order valence-corrected chi connectivity index (χ4v) is 3.00. The van der Waals surface area contributed by atoms with Gasteiger partial charge in [-0.15, -0.1) is 0 Å². The average molecular weight is 273 g/mol. The van der Waals surface area contributed by atoms with Crippen molar-refractivity contribution in [3.8, 4) is 0 Å². The number of nitrogens with zero attached hydrogens (tertiary/aromatic N) is 1. The Hall–Kier alpha value is -2.04. The fraction of sp³-hybridized carbons (Fsp3) is 0.467. The molecular formula is C15H19N3O2. The molecule has 3 amide bonds. The molecule has 2 heterocycles. The van der Waals surface area contributed by atoms with E-state index in [4.69, 9.17) is 0 Å². The molecule has 20 heavy (non-hydrogen) atoms. The molecule has 5 heteroatoms. The summed E-state index contributed by atoms with van der Waals surface area (Å²) >= 11 is 0. The molecular weight excluding hydrogens is 254 g/mol. The molecule has 3 rings (SSSR count). The number of amides is 3. The van der Waals surface area contributed by atoms with Crippen molar-refractivity contribution < 1.29 is 9.59 Å². The summed E-state index contributed by atoms with van der Waals surface area (Å²) in [5.41, 5.74) is 2.04. The number of benzene rings is 1. The SMILES string of the molecule is CCc1ccc(NC(=O)N2CC[C@@H]3NC(=O)C[C@@H]32)cc1. The van der Waals surface area contributed by atoms with Crippen LogP contribution in [0, 0.1) is 0 Å². The minimum atomic E-state index is -0.113. The van der Waals surface area contributed by atoms with E-state index in [1.54, 1.807) is 4.90 Å². The van der Waals surface area contributed by atoms with Gasteiger partial charge in [0.05, 0.1) is 12.1 Å². The van der Waals surface area contributed by atoms with Gasteiger partial charge in [0.25, 0.3) is 0 Å². The van der Waals surface area contributed by atoms with E-state index < -0.39 is 0 Å². The molecule has 0 spiro atoms. The molecule has 0 radical (unpaired) electrons. The van der Waals surface area contributed by atoms with Crippen molar-refractivity contribution in [2.75, 3.05) is 11.9 Å². The number of carbonyl (C=O) groups is 2. The first-order valence-corrected chi connectivity index (χ1v) is 7.13. The minimum Gasteiger partial charge on any atom is -0.351 e. The molecule has 2 saturated heterocycles. The maximum Gasteiger partial charge on any atom is 0.322 e. The molecule has 2 aliphatic heterocycles. The zero-order chi connectivity index (χ0) is 14.1. The van der Waals surface area contributed by atoms with Crippen LogP contribution in [0.25, 0.3) is 0 Å². The number of anilines is 1. The molecule has 2 atom stereocenters. The third kappa shape index (κ3) is 2.35. The molecule has 1 aromatic carbocycles. The predicted octanol–water partition coefficient (Wildman–Crippen LogP) is 1.74. The van der Waals surface area contributed by atoms with Gasteiger partial charge in [-0.1, -0.05) is 19.1 Å². The van der Waals surface area contributed by atoms with Crippen LogP contribution in [0.15, 0.2) is 24.3 Å². The number of rotatable bonds is 2. The van der Waals surface area contributed by atoms with Crippen LogP contribution in [-0.4, -0.2) is 35.5 Å². The molecule has 106 valence electrons. The van der Waals surface area contributed by atoms with Crippen molar-refractivity contribution >= 4 is 17.6 Å². The van der Waals surface area contributed by atoms with E-state index >= 15 is 0 Å². The van der Waals surface area contributed by atoms with Crippen molar-refractivity contribution in [1.82, 2.24) is 10.2 Å². The smallest absolute Gasteiger partial charge is 0.322 e. The molecule has 1 aromatic rings. The lowest BCUT2D eigenvalue weighted by Gasteiger charge is -2.23. The summed E-state index contributed by atoms with van der Waals surface area (Å²) in [5.74, 6) is 0.0461. The van der Waals surface area contributed by atoms with Crippen molar-refractivity contribution in [3.63, 3.8) is 0 Å². The minimum absolute atomic E-state index is 0.0115. The number of hydrogen-bond acceptors (Lipinski definition) is 2. The summed E-state index contributed by atoms with van der Waals surface area (Å²) in [6, 6.07) is 7.91. The van der Waals surface area contributed by atoms with Gasteiger partial charge in [-0.2, -0.15) is 0 Å². The predicted molar refractivity (Wildman–Crippen MR) is 76.5 cm³/mol. The highest BCUT2D eigenvalue weighted by Crippen LogP contribution is 2.26. The van der Waals surface area contributed by atoms with Crippen LogP contribution in [-0.2, 0) is 11.2 Å². The van der Waals surface area contributed by atoms with E-state index in [2.05, 4.69) is 17.6 Å². The summed E-state index contributed by atoms with van der Waals surface area (Å²) < 4.78 is 0. The Labute approximate surface area is 118 Å². The molecule has 2 aliphatic rings. The van der Waals surface area contributed by atoms with Gasteiger partial charge >= 0.3 is 6.03 Å². The van der Waals surface area contributed by atoms with E-state index in [0.29, 0.717) is 13.0 Å². The van der Waals surface area contributed by atoms with Crippen LogP contribution in [0.3, 0.4) is 0 Å². The summed E-state index contributed by atoms with van der Waals surface area (Å²) in [7, 11) is 0. The number of urea groups is 1. The van der Waals surface area contributed by atoms with Crippen LogP contribution in [0.1, 0.15) is 25.3 Å². The normalized spacial score (nSPS) is 24.4. The second kappa shape index (κ2) is 5.15. The second-order valence-electron chi connectivity index (χ2n) is 5.41. The van der Waals surface area contributed by atoms with Gasteiger partial charge in [-0.25, -0.2) is 4.79 Å². The average Bonchev–Trinajstić information content (AvgIpc) is 2.98. The van der Waals surface area contributed by atoms with Crippen LogP contribution in [0.4, 0.5) is 10.5 Å². The second-order valence-corrected chi connectivity index (χ2v) is 5.41. The number of likely N-dealkylation sites (tertiary alicyclic amines) is 1. The lowest BCUT2D eigenvalue weighted by molar-refractivity contribution is -0.119. The zero-order valence-corrected chi connectivity index (χ0v) is 11.6. The third-order valence-corrected chi connectivity index (χ3v) is 4.16. The van der Waals surface area contributed by atoms with Gasteiger partial charge in [0.2, 0.25) is 5.91 Å². The first-order valence-electron chi connectivity index (χ1n) is 7.13. The Morgan fingerprint density at radius 2 is 2.15 bits per heavy atom. The summed E-state index contributed by atoms with van der Waals surface area (Å²) in [6.45, 7) is 2.80. The van der Waals surface area contributed by atoms with Crippen LogP contribution >= 0.6 is 0 Å². The highest BCUT2D eigenvalue weighted by molar-refractivity contribution is 5.91. The van der Waals surface area contributed by atoms with Crippen LogP contribution < -0.4 is 10.6 Å². The molecule has 0 aromatic heterocycles. The third-order valence-electron chi connectivity index (χ3n) is 4.16. The highest BCUT2D eigenvalue weighted by Gasteiger charge is 2.43. The Bertz CT molecular complexity index is 526. The lowest BCUT2D eigenvalue weighted by Crippen LogP contribution is -2.41. The van der Waals surface area contributed by atoms with E-state index in [0.717, 1.165) is 18.5 Å². The molecule has 2 N–H and O–H groups in total. The quantitative estimate of drug-likeness (QED) is 0.862. The molecule has 0 aliphatic carbocycles. The van der Waals surface area contributed by atoms with E-state index in [9.17, 15) is 9.59 Å². The largest absolute Gasteiger partial charge is 0.351 e. The van der Waals surface area contributed by atoms with Crippen LogP contribution in [0.2, 0.25) is 0 Å². The number of hydrogen-bond donors (Lipinski definition) is 2. The topological polar surface area (TPSA) is 61.4 Å². The molecule has 5 nitrogen and oxygen atoms in total. The molecule has 0 bridgehead atoms. The van der Waals surface area contributed by atoms with Gasteiger partial charge < -0.3 is 15.5 Å². The number of nitrogens with one attached hydrogen (secondary N) is 2. The number of carbonyl (C=O) groups excluding carboxylic acids is 2. The molecule has 2 fully saturated rings. The van der Waals surface area contributed by atoms with E-state index in [1.165, 1.54) is 5.56 Å². The van der Waals surface area contributed by atoms with Gasteiger partial charge in [-0.05, 0) is 30.5 Å². The highest BCUT2D eigenvalue weighted by atomic mass is 16.2. The standard InChI is InChI=1S/C15H19N3O2/c1-2-10-3-5-11(6-4-10)16-15(20)18-8-7-12-13(18)9-14(19)17-12/h3-6,12-13H,2,7-9H2,1H3,(H,16,20)(H,17,19)/t12-,13-/m0/s1. The van der Waals surface area contributed by atoms with Crippen molar-refractivity contribution in [2.24, 2.45) is 0 Å². The molecule has 0 saturated carbocycles. The van der Waals surface area contributed by atoms with Crippen molar-refractivity contribution in [3.05, 3.63) is 29.8 Å². The first-order chi connectivity index (χ1) is 9.67.